The van der Waals surface area contributed by atoms with Gasteiger partial charge in [-0.3, -0.25) is 10.3 Å². The number of nitriles is 1. The minimum absolute atomic E-state index is 0.113. The molecule has 4 aliphatic carbocycles. The summed E-state index contributed by atoms with van der Waals surface area (Å²) < 4.78 is 30.6. The van der Waals surface area contributed by atoms with Crippen LogP contribution in [-0.2, 0) is 9.84 Å². The van der Waals surface area contributed by atoms with Crippen molar-refractivity contribution in [3.8, 4) is 11.9 Å². The van der Waals surface area contributed by atoms with E-state index in [1.165, 1.54) is 11.2 Å². The van der Waals surface area contributed by atoms with E-state index in [9.17, 15) is 13.7 Å². The lowest BCUT2D eigenvalue weighted by Gasteiger charge is -2.60. The molecule has 2 unspecified atom stereocenters. The van der Waals surface area contributed by atoms with Gasteiger partial charge in [0.15, 0.2) is 27.5 Å². The number of rotatable bonds is 5. The highest BCUT2D eigenvalue weighted by Crippen LogP contribution is 2.59. The number of benzene rings is 1. The average Bonchev–Trinajstić information content (AvgIpc) is 2.63. The molecule has 156 valence electrons. The van der Waals surface area contributed by atoms with E-state index >= 15 is 0 Å². The molecular weight excluding hydrogens is 386 g/mol. The molecule has 0 spiro atoms. The molecule has 0 aliphatic heterocycles. The lowest BCUT2D eigenvalue weighted by Crippen LogP contribution is -2.65. The molecule has 4 fully saturated rings. The van der Waals surface area contributed by atoms with Crippen LogP contribution in [0.4, 0.5) is 0 Å². The van der Waals surface area contributed by atoms with Crippen LogP contribution in [0.25, 0.3) is 0 Å². The molecule has 5 rings (SSSR count). The van der Waals surface area contributed by atoms with Crippen LogP contribution < -0.4 is 4.74 Å². The normalized spacial score (nSPS) is 33.2. The first-order valence-electron chi connectivity index (χ1n) is 10.3. The summed E-state index contributed by atoms with van der Waals surface area (Å²) in [4.78, 5) is 1.52. The topological polar surface area (TPSA) is 94.2 Å². The van der Waals surface area contributed by atoms with Crippen LogP contribution in [0.2, 0.25) is 0 Å². The minimum Gasteiger partial charge on any atom is -0.480 e. The van der Waals surface area contributed by atoms with Crippen LogP contribution in [0, 0.1) is 34.6 Å². The van der Waals surface area contributed by atoms with Crippen LogP contribution in [0.15, 0.2) is 30.3 Å². The van der Waals surface area contributed by atoms with Crippen molar-refractivity contribution in [3.63, 3.8) is 0 Å². The number of amidine groups is 1. The summed E-state index contributed by atoms with van der Waals surface area (Å²) in [5.74, 6) is 1.46. The van der Waals surface area contributed by atoms with Crippen molar-refractivity contribution in [2.45, 2.75) is 62.3 Å². The van der Waals surface area contributed by atoms with Crippen LogP contribution in [-0.4, -0.2) is 41.8 Å². The second-order valence-corrected chi connectivity index (χ2v) is 12.1. The fourth-order valence-corrected chi connectivity index (χ4v) is 7.76. The van der Waals surface area contributed by atoms with E-state index in [0.717, 1.165) is 19.3 Å². The molecule has 0 heterocycles. The highest BCUT2D eigenvalue weighted by Gasteiger charge is 2.61. The third-order valence-corrected chi connectivity index (χ3v) is 9.36. The van der Waals surface area contributed by atoms with Gasteiger partial charge in [0.1, 0.15) is 5.75 Å². The summed E-state index contributed by atoms with van der Waals surface area (Å²) in [5.41, 5.74) is -0.972. The van der Waals surface area contributed by atoms with Gasteiger partial charge in [-0.15, -0.1) is 0 Å². The predicted molar refractivity (Wildman–Crippen MR) is 111 cm³/mol. The lowest BCUT2D eigenvalue weighted by molar-refractivity contribution is -0.0242. The summed E-state index contributed by atoms with van der Waals surface area (Å²) in [6, 6.07) is 9.21. The van der Waals surface area contributed by atoms with Crippen LogP contribution >= 0.6 is 0 Å². The highest BCUT2D eigenvalue weighted by molar-refractivity contribution is 7.92. The van der Waals surface area contributed by atoms with Crippen molar-refractivity contribution in [1.82, 2.24) is 4.90 Å². The lowest BCUT2D eigenvalue weighted by atomic mass is 9.53. The third kappa shape index (κ3) is 3.31. The van der Waals surface area contributed by atoms with Crippen molar-refractivity contribution in [1.29, 1.82) is 10.7 Å². The fraction of sp³-hybridized carbons (Fsp3) is 0.636. The molecule has 4 bridgehead atoms. The molecule has 2 atom stereocenters. The van der Waals surface area contributed by atoms with Gasteiger partial charge in [-0.1, -0.05) is 18.2 Å². The van der Waals surface area contributed by atoms with Gasteiger partial charge < -0.3 is 4.74 Å². The third-order valence-electron chi connectivity index (χ3n) is 7.29. The van der Waals surface area contributed by atoms with Crippen molar-refractivity contribution < 1.29 is 13.2 Å². The molecule has 1 aromatic carbocycles. The van der Waals surface area contributed by atoms with Crippen molar-refractivity contribution in [2.75, 3.05) is 6.26 Å². The largest absolute Gasteiger partial charge is 0.480 e. The second-order valence-electron chi connectivity index (χ2n) is 9.66. The summed E-state index contributed by atoms with van der Waals surface area (Å²) in [6.07, 6.45) is 7.49. The van der Waals surface area contributed by atoms with Gasteiger partial charge in [0.05, 0.1) is 10.8 Å². The zero-order chi connectivity index (χ0) is 21.0. The Morgan fingerprint density at radius 3 is 2.31 bits per heavy atom. The maximum Gasteiger partial charge on any atom is 0.185 e. The van der Waals surface area contributed by atoms with E-state index < -0.39 is 20.2 Å². The second kappa shape index (κ2) is 6.73. The molecule has 0 radical (unpaired) electrons. The number of para-hydroxylation sites is 1. The zero-order valence-corrected chi connectivity index (χ0v) is 18.1. The van der Waals surface area contributed by atoms with E-state index in [2.05, 4.69) is 6.19 Å². The maximum atomic E-state index is 12.6. The molecule has 6 nitrogen and oxygen atoms in total. The van der Waals surface area contributed by atoms with Gasteiger partial charge in [-0.25, -0.2) is 8.42 Å². The molecule has 4 aliphatic rings. The number of sulfone groups is 1. The van der Waals surface area contributed by atoms with Crippen LogP contribution in [0.1, 0.15) is 46.0 Å². The first kappa shape index (κ1) is 20.2. The Kier molecular flexibility index (Phi) is 4.69. The van der Waals surface area contributed by atoms with Crippen molar-refractivity contribution in [2.24, 2.45) is 17.8 Å². The van der Waals surface area contributed by atoms with E-state index in [0.29, 0.717) is 24.5 Å². The Morgan fingerprint density at radius 2 is 1.79 bits per heavy atom. The van der Waals surface area contributed by atoms with E-state index in [1.54, 1.807) is 13.8 Å². The van der Waals surface area contributed by atoms with Crippen molar-refractivity contribution in [3.05, 3.63) is 30.3 Å². The summed E-state index contributed by atoms with van der Waals surface area (Å²) in [6.45, 7) is 3.61. The van der Waals surface area contributed by atoms with Gasteiger partial charge in [0, 0.05) is 6.26 Å². The Labute approximate surface area is 173 Å². The minimum atomic E-state index is -3.15. The first-order chi connectivity index (χ1) is 13.6. The molecule has 0 amide bonds. The highest BCUT2D eigenvalue weighted by atomic mass is 32.2. The molecule has 7 heteroatoms. The van der Waals surface area contributed by atoms with Crippen LogP contribution in [0.5, 0.6) is 5.75 Å². The van der Waals surface area contributed by atoms with Gasteiger partial charge in [0.25, 0.3) is 0 Å². The summed E-state index contributed by atoms with van der Waals surface area (Å²) in [7, 11) is -3.15. The molecule has 29 heavy (non-hydrogen) atoms. The standard InChI is InChI=1S/C22H29N3O3S/c1-21(2,28-18-7-5-4-6-8-18)20(24)25(14-23)19-16-9-15-10-17(19)13-22(11-15,12-16)29(3,26)27/h4-8,15-17,19,24H,9-13H2,1-3H3. The number of ether oxygens (including phenoxy) is 1. The van der Waals surface area contributed by atoms with E-state index in [1.807, 2.05) is 30.3 Å². The summed E-state index contributed by atoms with van der Waals surface area (Å²) >= 11 is 0. The van der Waals surface area contributed by atoms with Gasteiger partial charge in [-0.05, 0) is 75.8 Å². The van der Waals surface area contributed by atoms with Crippen molar-refractivity contribution >= 4 is 15.7 Å². The molecule has 4 saturated carbocycles. The SMILES string of the molecule is CC(C)(Oc1ccccc1)C(=N)N(C#N)C1C2CC3CC1CC(S(C)(=O)=O)(C3)C2. The molecular formula is C22H29N3O3S. The first-order valence-corrected chi connectivity index (χ1v) is 12.2. The van der Waals surface area contributed by atoms with Crippen LogP contribution in [0.3, 0.4) is 0 Å². The molecule has 1 aromatic rings. The van der Waals surface area contributed by atoms with Gasteiger partial charge in [0.2, 0.25) is 0 Å². The van der Waals surface area contributed by atoms with E-state index in [-0.39, 0.29) is 23.7 Å². The number of nitrogens with one attached hydrogen (secondary N) is 1. The van der Waals surface area contributed by atoms with Gasteiger partial charge >= 0.3 is 0 Å². The Hall–Kier alpha value is -2.07. The number of hydrogen-bond donors (Lipinski definition) is 1. The predicted octanol–water partition coefficient (Wildman–Crippen LogP) is 3.60. The monoisotopic (exact) mass is 415 g/mol. The Morgan fingerprint density at radius 1 is 1.21 bits per heavy atom. The molecule has 0 aromatic heterocycles. The zero-order valence-electron chi connectivity index (χ0n) is 17.3. The molecule has 0 saturated heterocycles. The fourth-order valence-electron chi connectivity index (χ4n) is 6.19. The average molecular weight is 416 g/mol. The Balaban J connectivity index is 1.59. The quantitative estimate of drug-likeness (QED) is 0.343. The number of nitrogens with zero attached hydrogens (tertiary/aromatic N) is 2. The Bertz CT molecular complexity index is 935. The molecule has 1 N–H and O–H groups in total. The smallest absolute Gasteiger partial charge is 0.185 e. The summed E-state index contributed by atoms with van der Waals surface area (Å²) in [5, 5.41) is 18.8. The number of hydrogen-bond acceptors (Lipinski definition) is 5. The maximum absolute atomic E-state index is 12.6. The van der Waals surface area contributed by atoms with E-state index in [4.69, 9.17) is 10.1 Å². The van der Waals surface area contributed by atoms with Gasteiger partial charge in [-0.2, -0.15) is 5.26 Å².